The van der Waals surface area contributed by atoms with Gasteiger partial charge in [0.2, 0.25) is 0 Å². The van der Waals surface area contributed by atoms with Crippen LogP contribution in [0.4, 0.5) is 0 Å². The van der Waals surface area contributed by atoms with Gasteiger partial charge in [0.25, 0.3) is 0 Å². The van der Waals surface area contributed by atoms with E-state index in [9.17, 15) is 0 Å². The largest absolute Gasteiger partial charge is 0.365 e. The van der Waals surface area contributed by atoms with Gasteiger partial charge >= 0.3 is 0 Å². The fourth-order valence-corrected chi connectivity index (χ4v) is 3.68. The second-order valence-corrected chi connectivity index (χ2v) is 6.50. The van der Waals surface area contributed by atoms with E-state index in [0.29, 0.717) is 11.1 Å². The Balaban J connectivity index is 0.00000132. The molecule has 0 spiro atoms. The summed E-state index contributed by atoms with van der Waals surface area (Å²) in [6.07, 6.45) is 14.8. The van der Waals surface area contributed by atoms with E-state index < -0.39 is 0 Å². The van der Waals surface area contributed by atoms with Crippen LogP contribution >= 0.6 is 51.5 Å². The van der Waals surface area contributed by atoms with Gasteiger partial charge in [0.05, 0.1) is 34.1 Å². The molecule has 0 bridgehead atoms. The third-order valence-corrected chi connectivity index (χ3v) is 5.31. The Morgan fingerprint density at radius 1 is 1.29 bits per heavy atom. The summed E-state index contributed by atoms with van der Waals surface area (Å²) in [5, 5.41) is 0.715. The molecule has 2 unspecified atom stereocenters. The zero-order valence-electron chi connectivity index (χ0n) is 11.3. The third-order valence-electron chi connectivity index (χ3n) is 4.08. The number of likely N-dealkylation sites (N-methyl/N-ethyl adjacent to an activating group) is 1. The Bertz CT molecular complexity index is 725. The molecule has 2 aliphatic heterocycles. The predicted molar refractivity (Wildman–Crippen MR) is 102 cm³/mol. The highest BCUT2D eigenvalue weighted by Crippen LogP contribution is 2.42. The maximum atomic E-state index is 6.18. The standard InChI is InChI=1S/C16H12BrClN2.HI/c1-20-15-5-3-2-4-9(15)6-14-16(20)10-7-11(17)12(18)8-13(10)19-14;/h2-8,10,15H,1H3;1H. The molecule has 0 radical (unpaired) electrons. The minimum absolute atomic E-state index is 0. The fraction of sp³-hybridized carbons (Fsp3) is 0.188. The highest BCUT2D eigenvalue weighted by atomic mass is 127. The minimum Gasteiger partial charge on any atom is -0.365 e. The molecule has 0 aromatic heterocycles. The summed E-state index contributed by atoms with van der Waals surface area (Å²) in [4.78, 5) is 7.07. The van der Waals surface area contributed by atoms with Crippen molar-refractivity contribution in [1.82, 2.24) is 4.90 Å². The van der Waals surface area contributed by atoms with Crippen LogP contribution in [0.3, 0.4) is 0 Å². The third kappa shape index (κ3) is 2.32. The lowest BCUT2D eigenvalue weighted by Crippen LogP contribution is -2.37. The van der Waals surface area contributed by atoms with Gasteiger partial charge in [-0.2, -0.15) is 0 Å². The van der Waals surface area contributed by atoms with Crippen LogP contribution in [-0.2, 0) is 0 Å². The molecule has 2 heterocycles. The zero-order valence-corrected chi connectivity index (χ0v) is 15.9. The lowest BCUT2D eigenvalue weighted by Gasteiger charge is -2.36. The zero-order chi connectivity index (χ0) is 13.9. The Hall–Kier alpha value is -0.590. The SMILES string of the molecule is CN1C2=C(C=C3C=CC=CC31)N=C1C=C(Cl)C(Br)=CC12.I. The topological polar surface area (TPSA) is 15.6 Å². The normalized spacial score (nSPS) is 28.8. The Labute approximate surface area is 154 Å². The number of fused-ring (bicyclic) bond motifs is 3. The number of aliphatic imine (C=N–C) groups is 1. The fourth-order valence-electron chi connectivity index (χ4n) is 3.12. The van der Waals surface area contributed by atoms with Crippen molar-refractivity contribution >= 4 is 57.2 Å². The number of hydrogen-bond donors (Lipinski definition) is 0. The first-order valence-corrected chi connectivity index (χ1v) is 7.69. The van der Waals surface area contributed by atoms with Gasteiger partial charge in [-0.05, 0) is 33.7 Å². The second kappa shape index (κ2) is 5.56. The van der Waals surface area contributed by atoms with Gasteiger partial charge in [0, 0.05) is 11.5 Å². The van der Waals surface area contributed by atoms with Crippen molar-refractivity contribution in [3.63, 3.8) is 0 Å². The second-order valence-electron chi connectivity index (χ2n) is 5.24. The molecule has 108 valence electrons. The van der Waals surface area contributed by atoms with E-state index in [-0.39, 0.29) is 29.9 Å². The van der Waals surface area contributed by atoms with Crippen molar-refractivity contribution in [3.8, 4) is 0 Å². The molecule has 21 heavy (non-hydrogen) atoms. The Morgan fingerprint density at radius 3 is 2.90 bits per heavy atom. The monoisotopic (exact) mass is 474 g/mol. The van der Waals surface area contributed by atoms with Crippen molar-refractivity contribution in [2.75, 3.05) is 7.05 Å². The average Bonchev–Trinajstić information content (AvgIpc) is 2.77. The van der Waals surface area contributed by atoms with E-state index in [2.05, 4.69) is 64.3 Å². The molecule has 0 aromatic rings. The molecule has 4 rings (SSSR count). The van der Waals surface area contributed by atoms with Crippen molar-refractivity contribution in [3.05, 3.63) is 69.0 Å². The molecule has 0 fully saturated rings. The van der Waals surface area contributed by atoms with E-state index >= 15 is 0 Å². The highest BCUT2D eigenvalue weighted by Gasteiger charge is 2.37. The molecule has 0 aromatic carbocycles. The van der Waals surface area contributed by atoms with Gasteiger partial charge in [0.15, 0.2) is 0 Å². The summed E-state index contributed by atoms with van der Waals surface area (Å²) in [6, 6.07) is 0.307. The summed E-state index contributed by atoms with van der Waals surface area (Å²) in [7, 11) is 2.14. The summed E-state index contributed by atoms with van der Waals surface area (Å²) in [5.41, 5.74) is 4.62. The van der Waals surface area contributed by atoms with Gasteiger partial charge in [0.1, 0.15) is 0 Å². The van der Waals surface area contributed by atoms with Crippen LogP contribution < -0.4 is 0 Å². The maximum Gasteiger partial charge on any atom is 0.0838 e. The van der Waals surface area contributed by atoms with Crippen LogP contribution in [0.1, 0.15) is 0 Å². The van der Waals surface area contributed by atoms with Gasteiger partial charge < -0.3 is 4.90 Å². The van der Waals surface area contributed by atoms with E-state index in [1.54, 1.807) is 0 Å². The van der Waals surface area contributed by atoms with Gasteiger partial charge in [-0.25, -0.2) is 0 Å². The van der Waals surface area contributed by atoms with E-state index in [1.807, 2.05) is 6.08 Å². The van der Waals surface area contributed by atoms with Crippen LogP contribution in [0.15, 0.2) is 74.0 Å². The van der Waals surface area contributed by atoms with Crippen molar-refractivity contribution < 1.29 is 0 Å². The Morgan fingerprint density at radius 2 is 2.10 bits per heavy atom. The first-order chi connectivity index (χ1) is 9.65. The van der Waals surface area contributed by atoms with E-state index in [4.69, 9.17) is 16.6 Å². The molecule has 2 aliphatic carbocycles. The summed E-state index contributed by atoms with van der Waals surface area (Å²) >= 11 is 9.70. The quantitative estimate of drug-likeness (QED) is 0.465. The van der Waals surface area contributed by atoms with Crippen LogP contribution in [0, 0.1) is 5.92 Å². The van der Waals surface area contributed by atoms with Crippen LogP contribution in [-0.4, -0.2) is 23.7 Å². The lowest BCUT2D eigenvalue weighted by molar-refractivity contribution is 0.365. The van der Waals surface area contributed by atoms with Crippen molar-refractivity contribution in [2.24, 2.45) is 10.9 Å². The highest BCUT2D eigenvalue weighted by molar-refractivity contribution is 14.0. The molecular formula is C16H13BrClIN2. The molecule has 4 aliphatic rings. The minimum atomic E-state index is 0. The molecule has 0 N–H and O–H groups in total. The average molecular weight is 476 g/mol. The summed E-state index contributed by atoms with van der Waals surface area (Å²) in [5.74, 6) is 0.198. The maximum absolute atomic E-state index is 6.18. The van der Waals surface area contributed by atoms with Crippen LogP contribution in [0.25, 0.3) is 0 Å². The van der Waals surface area contributed by atoms with Gasteiger partial charge in [-0.1, -0.05) is 42.0 Å². The van der Waals surface area contributed by atoms with Crippen molar-refractivity contribution in [1.29, 1.82) is 0 Å². The first-order valence-electron chi connectivity index (χ1n) is 6.52. The first kappa shape index (κ1) is 15.3. The smallest absolute Gasteiger partial charge is 0.0838 e. The Kier molecular flexibility index (Phi) is 4.05. The predicted octanol–water partition coefficient (Wildman–Crippen LogP) is 4.67. The molecule has 0 saturated heterocycles. The number of allylic oxidation sites excluding steroid dienone is 7. The summed E-state index contributed by atoms with van der Waals surface area (Å²) in [6.45, 7) is 0. The molecule has 0 saturated carbocycles. The van der Waals surface area contributed by atoms with Crippen LogP contribution in [0.5, 0.6) is 0 Å². The molecule has 5 heteroatoms. The van der Waals surface area contributed by atoms with Gasteiger partial charge in [-0.15, -0.1) is 24.0 Å². The number of hydrogen-bond acceptors (Lipinski definition) is 2. The molecule has 2 nitrogen and oxygen atoms in total. The van der Waals surface area contributed by atoms with Crippen molar-refractivity contribution in [2.45, 2.75) is 6.04 Å². The van der Waals surface area contributed by atoms with Crippen LogP contribution in [0.2, 0.25) is 0 Å². The molecular weight excluding hydrogens is 462 g/mol. The molecule has 0 amide bonds. The number of nitrogens with zero attached hydrogens (tertiary/aromatic N) is 2. The van der Waals surface area contributed by atoms with E-state index in [1.165, 1.54) is 11.3 Å². The number of halogens is 3. The lowest BCUT2D eigenvalue weighted by atomic mass is 9.89. The molecule has 2 atom stereocenters. The number of rotatable bonds is 0. The van der Waals surface area contributed by atoms with E-state index in [0.717, 1.165) is 15.9 Å². The van der Waals surface area contributed by atoms with Gasteiger partial charge in [-0.3, -0.25) is 4.99 Å². The summed E-state index contributed by atoms with van der Waals surface area (Å²) < 4.78 is 0.944.